The molecule has 0 radical (unpaired) electrons. The minimum atomic E-state index is -0.935. The van der Waals surface area contributed by atoms with Crippen molar-refractivity contribution < 1.29 is 9.53 Å². The molecule has 0 fully saturated rings. The van der Waals surface area contributed by atoms with Crippen molar-refractivity contribution in [3.05, 3.63) is 83.9 Å². The van der Waals surface area contributed by atoms with Gasteiger partial charge in [-0.05, 0) is 30.7 Å². The number of hydrogen-bond acceptors (Lipinski definition) is 3. The zero-order valence-electron chi connectivity index (χ0n) is 11.7. The number of rotatable bonds is 3. The van der Waals surface area contributed by atoms with Crippen molar-refractivity contribution in [3.8, 4) is 0 Å². The van der Waals surface area contributed by atoms with Crippen LogP contribution in [-0.2, 0) is 15.1 Å². The van der Waals surface area contributed by atoms with Gasteiger partial charge in [-0.3, -0.25) is 9.78 Å². The van der Waals surface area contributed by atoms with Gasteiger partial charge < -0.3 is 4.74 Å². The highest BCUT2D eigenvalue weighted by Crippen LogP contribution is 2.35. The third-order valence-corrected chi connectivity index (χ3v) is 3.51. The predicted octanol–water partition coefficient (Wildman–Crippen LogP) is 3.49. The molecule has 0 spiro atoms. The number of allylic oxidation sites excluding steroid dienone is 1. The van der Waals surface area contributed by atoms with Gasteiger partial charge in [0, 0.05) is 24.0 Å². The van der Waals surface area contributed by atoms with E-state index in [1.807, 2.05) is 48.5 Å². The quantitative estimate of drug-likeness (QED) is 0.862. The predicted molar refractivity (Wildman–Crippen MR) is 81.2 cm³/mol. The lowest BCUT2D eigenvalue weighted by molar-refractivity contribution is -0.129. The number of ketones is 1. The van der Waals surface area contributed by atoms with Gasteiger partial charge in [-0.1, -0.05) is 36.4 Å². The number of hydrogen-bond donors (Lipinski definition) is 0. The maximum Gasteiger partial charge on any atom is 0.207 e. The summed E-state index contributed by atoms with van der Waals surface area (Å²) in [6, 6.07) is 13.3. The van der Waals surface area contributed by atoms with Crippen LogP contribution in [0.15, 0.2) is 72.8 Å². The number of nitrogens with zero attached hydrogens (tertiary/aromatic N) is 1. The highest BCUT2D eigenvalue weighted by Gasteiger charge is 2.40. The second-order valence-electron chi connectivity index (χ2n) is 5.03. The second-order valence-corrected chi connectivity index (χ2v) is 5.03. The molecule has 0 amide bonds. The molecule has 1 aliphatic rings. The first-order valence-electron chi connectivity index (χ1n) is 6.77. The molecule has 0 saturated heterocycles. The molecule has 3 rings (SSSR count). The summed E-state index contributed by atoms with van der Waals surface area (Å²) in [7, 11) is 0. The van der Waals surface area contributed by atoms with Gasteiger partial charge in [-0.25, -0.2) is 0 Å². The Morgan fingerprint density at radius 1 is 1.10 bits per heavy atom. The van der Waals surface area contributed by atoms with E-state index in [0.29, 0.717) is 5.76 Å². The molecule has 0 saturated carbocycles. The third kappa shape index (κ3) is 2.63. The summed E-state index contributed by atoms with van der Waals surface area (Å²) in [6.07, 6.45) is 8.69. The normalized spacial score (nSPS) is 21.4. The van der Waals surface area contributed by atoms with Gasteiger partial charge in [0.15, 0.2) is 5.60 Å². The van der Waals surface area contributed by atoms with Crippen LogP contribution < -0.4 is 0 Å². The average Bonchev–Trinajstić information content (AvgIpc) is 2.83. The number of pyridine rings is 1. The molecule has 104 valence electrons. The molecule has 0 bridgehead atoms. The van der Waals surface area contributed by atoms with E-state index in [-0.39, 0.29) is 5.78 Å². The minimum Gasteiger partial charge on any atom is -0.475 e. The molecular weight excluding hydrogens is 262 g/mol. The SMILES string of the molecule is CC1(c2ccccc2)OC(/C=C/c2cccnc2)=CC1=O. The van der Waals surface area contributed by atoms with E-state index in [1.165, 1.54) is 0 Å². The van der Waals surface area contributed by atoms with E-state index >= 15 is 0 Å². The largest absolute Gasteiger partial charge is 0.475 e. The topological polar surface area (TPSA) is 39.2 Å². The Kier molecular flexibility index (Phi) is 3.40. The second kappa shape index (κ2) is 5.37. The summed E-state index contributed by atoms with van der Waals surface area (Å²) in [5.74, 6) is 0.523. The monoisotopic (exact) mass is 277 g/mol. The standard InChI is InChI=1S/C18H15NO2/c1-18(15-7-3-2-4-8-15)17(20)12-16(21-18)10-9-14-6-5-11-19-13-14/h2-13H,1H3/b10-9+. The van der Waals surface area contributed by atoms with Gasteiger partial charge in [-0.15, -0.1) is 0 Å². The van der Waals surface area contributed by atoms with Crippen LogP contribution in [0.1, 0.15) is 18.1 Å². The van der Waals surface area contributed by atoms with Crippen molar-refractivity contribution >= 4 is 11.9 Å². The lowest BCUT2D eigenvalue weighted by Gasteiger charge is -2.23. The van der Waals surface area contributed by atoms with Gasteiger partial charge in [0.2, 0.25) is 5.78 Å². The first-order valence-corrected chi connectivity index (χ1v) is 6.77. The van der Waals surface area contributed by atoms with Crippen LogP contribution in [0.2, 0.25) is 0 Å². The number of carbonyl (C=O) groups is 1. The number of ether oxygens (including phenoxy) is 1. The molecular formula is C18H15NO2. The molecule has 3 heteroatoms. The highest BCUT2D eigenvalue weighted by atomic mass is 16.5. The Labute approximate surface area is 123 Å². The van der Waals surface area contributed by atoms with Crippen LogP contribution in [0, 0.1) is 0 Å². The molecule has 21 heavy (non-hydrogen) atoms. The molecule has 2 heterocycles. The molecule has 1 atom stereocenters. The van der Waals surface area contributed by atoms with Crippen LogP contribution in [0.25, 0.3) is 6.08 Å². The Bertz CT molecular complexity index is 705. The first-order chi connectivity index (χ1) is 10.2. The summed E-state index contributed by atoms with van der Waals surface area (Å²) >= 11 is 0. The fourth-order valence-corrected chi connectivity index (χ4v) is 2.27. The maximum atomic E-state index is 12.3. The van der Waals surface area contributed by atoms with Crippen molar-refractivity contribution in [2.75, 3.05) is 0 Å². The summed E-state index contributed by atoms with van der Waals surface area (Å²) in [4.78, 5) is 16.3. The van der Waals surface area contributed by atoms with Gasteiger partial charge >= 0.3 is 0 Å². The van der Waals surface area contributed by atoms with Gasteiger partial charge in [-0.2, -0.15) is 0 Å². The van der Waals surface area contributed by atoms with Crippen LogP contribution >= 0.6 is 0 Å². The molecule has 3 nitrogen and oxygen atoms in total. The number of aromatic nitrogens is 1. The maximum absolute atomic E-state index is 12.3. The molecule has 0 aliphatic carbocycles. The van der Waals surface area contributed by atoms with Crippen molar-refractivity contribution in [1.82, 2.24) is 4.98 Å². The zero-order chi connectivity index (χ0) is 14.7. The van der Waals surface area contributed by atoms with Gasteiger partial charge in [0.1, 0.15) is 5.76 Å². The molecule has 1 aliphatic heterocycles. The molecule has 0 N–H and O–H groups in total. The smallest absolute Gasteiger partial charge is 0.207 e. The molecule has 1 aromatic heterocycles. The van der Waals surface area contributed by atoms with Crippen LogP contribution in [0.4, 0.5) is 0 Å². The van der Waals surface area contributed by atoms with Crippen molar-refractivity contribution in [2.45, 2.75) is 12.5 Å². The summed E-state index contributed by atoms with van der Waals surface area (Å²) in [6.45, 7) is 1.80. The lowest BCUT2D eigenvalue weighted by Crippen LogP contribution is -2.29. The van der Waals surface area contributed by atoms with Crippen molar-refractivity contribution in [1.29, 1.82) is 0 Å². The number of carbonyl (C=O) groups excluding carboxylic acids is 1. The van der Waals surface area contributed by atoms with Gasteiger partial charge in [0.05, 0.1) is 0 Å². The first kappa shape index (κ1) is 13.3. The lowest BCUT2D eigenvalue weighted by atomic mass is 9.92. The van der Waals surface area contributed by atoms with E-state index in [4.69, 9.17) is 4.74 Å². The van der Waals surface area contributed by atoms with Crippen LogP contribution in [0.3, 0.4) is 0 Å². The Hall–Kier alpha value is -2.68. The summed E-state index contributed by atoms with van der Waals surface area (Å²) in [5, 5.41) is 0. The van der Waals surface area contributed by atoms with E-state index in [0.717, 1.165) is 11.1 Å². The fraction of sp³-hybridized carbons (Fsp3) is 0.111. The van der Waals surface area contributed by atoms with Gasteiger partial charge in [0.25, 0.3) is 0 Å². The Morgan fingerprint density at radius 3 is 2.62 bits per heavy atom. The zero-order valence-corrected chi connectivity index (χ0v) is 11.7. The minimum absolute atomic E-state index is 0.0421. The molecule has 1 unspecified atom stereocenters. The number of benzene rings is 1. The summed E-state index contributed by atoms with van der Waals surface area (Å²) in [5.41, 5.74) is 0.884. The molecule has 2 aromatic rings. The van der Waals surface area contributed by atoms with Crippen molar-refractivity contribution in [3.63, 3.8) is 0 Å². The highest BCUT2D eigenvalue weighted by molar-refractivity contribution is 6.00. The van der Waals surface area contributed by atoms with E-state index in [1.54, 1.807) is 31.5 Å². The van der Waals surface area contributed by atoms with E-state index in [9.17, 15) is 4.79 Å². The Morgan fingerprint density at radius 2 is 1.90 bits per heavy atom. The van der Waals surface area contributed by atoms with Crippen molar-refractivity contribution in [2.24, 2.45) is 0 Å². The summed E-state index contributed by atoms with van der Waals surface area (Å²) < 4.78 is 5.87. The van der Waals surface area contributed by atoms with Crippen LogP contribution in [0.5, 0.6) is 0 Å². The van der Waals surface area contributed by atoms with E-state index in [2.05, 4.69) is 4.98 Å². The third-order valence-electron chi connectivity index (χ3n) is 3.51. The fourth-order valence-electron chi connectivity index (χ4n) is 2.27. The average molecular weight is 277 g/mol. The molecule has 1 aromatic carbocycles. The van der Waals surface area contributed by atoms with Crippen LogP contribution in [-0.4, -0.2) is 10.8 Å². The van der Waals surface area contributed by atoms with E-state index < -0.39 is 5.60 Å². The Balaban J connectivity index is 1.81.